The molecule has 0 saturated carbocycles. The average Bonchev–Trinajstić information content (AvgIpc) is 3.24. The first-order valence-electron chi connectivity index (χ1n) is 10.0. The van der Waals surface area contributed by atoms with E-state index in [4.69, 9.17) is 0 Å². The predicted octanol–water partition coefficient (Wildman–Crippen LogP) is 5.87. The fourth-order valence-electron chi connectivity index (χ4n) is 2.97. The molecule has 0 aliphatic carbocycles. The first kappa shape index (κ1) is 24.8. The van der Waals surface area contributed by atoms with Gasteiger partial charge in [0.1, 0.15) is 5.01 Å². The van der Waals surface area contributed by atoms with Gasteiger partial charge in [0, 0.05) is 35.1 Å². The lowest BCUT2D eigenvalue weighted by molar-refractivity contribution is -0.137. The Morgan fingerprint density at radius 1 is 1.03 bits per heavy atom. The largest absolute Gasteiger partial charge is 0.416 e. The second kappa shape index (κ2) is 10.9. The standard InChI is InChI=1S/C22H20BrF3N4O2S/c1-2-12-30(20(32)15-5-9-17(23)10-6-15)13-11-18(31)27-21-29-28-19(33-21)14-3-7-16(8-4-14)22(24,25)26/h3-10H,2,11-13H2,1H3,(H,27,29,31). The Kier molecular flexibility index (Phi) is 8.20. The van der Waals surface area contributed by atoms with Gasteiger partial charge in [-0.25, -0.2) is 0 Å². The summed E-state index contributed by atoms with van der Waals surface area (Å²) < 4.78 is 39.0. The molecule has 2 amide bonds. The van der Waals surface area contributed by atoms with Crippen molar-refractivity contribution < 1.29 is 22.8 Å². The van der Waals surface area contributed by atoms with Crippen molar-refractivity contribution in [1.29, 1.82) is 0 Å². The molecule has 2 aromatic carbocycles. The second-order valence-corrected chi connectivity index (χ2v) is 8.98. The Morgan fingerprint density at radius 3 is 2.30 bits per heavy atom. The molecule has 0 spiro atoms. The van der Waals surface area contributed by atoms with Crippen LogP contribution in [0.3, 0.4) is 0 Å². The Balaban J connectivity index is 1.58. The maximum atomic E-state index is 12.8. The number of nitrogens with zero attached hydrogens (tertiary/aromatic N) is 3. The summed E-state index contributed by atoms with van der Waals surface area (Å²) in [5.41, 5.74) is 0.256. The molecule has 0 fully saturated rings. The highest BCUT2D eigenvalue weighted by molar-refractivity contribution is 9.10. The van der Waals surface area contributed by atoms with Crippen LogP contribution >= 0.6 is 27.3 Å². The van der Waals surface area contributed by atoms with E-state index in [9.17, 15) is 22.8 Å². The number of aromatic nitrogens is 2. The molecule has 1 heterocycles. The van der Waals surface area contributed by atoms with Crippen LogP contribution in [0, 0.1) is 0 Å². The van der Waals surface area contributed by atoms with Crippen molar-refractivity contribution in [2.75, 3.05) is 18.4 Å². The van der Waals surface area contributed by atoms with Gasteiger partial charge >= 0.3 is 6.18 Å². The summed E-state index contributed by atoms with van der Waals surface area (Å²) in [4.78, 5) is 26.8. The van der Waals surface area contributed by atoms with E-state index < -0.39 is 11.7 Å². The van der Waals surface area contributed by atoms with E-state index in [1.165, 1.54) is 12.1 Å². The lowest BCUT2D eigenvalue weighted by atomic mass is 10.1. The van der Waals surface area contributed by atoms with E-state index >= 15 is 0 Å². The molecule has 6 nitrogen and oxygen atoms in total. The molecule has 0 atom stereocenters. The number of benzene rings is 2. The molecule has 3 aromatic rings. The Labute approximate surface area is 201 Å². The molecule has 3 rings (SSSR count). The lowest BCUT2D eigenvalue weighted by Gasteiger charge is -2.22. The number of carbonyl (C=O) groups is 2. The summed E-state index contributed by atoms with van der Waals surface area (Å²) in [5.74, 6) is -0.493. The van der Waals surface area contributed by atoms with Gasteiger partial charge < -0.3 is 10.2 Å². The van der Waals surface area contributed by atoms with Crippen LogP contribution in [0.2, 0.25) is 0 Å². The van der Waals surface area contributed by atoms with Gasteiger partial charge in [0.15, 0.2) is 0 Å². The second-order valence-electron chi connectivity index (χ2n) is 7.08. The summed E-state index contributed by atoms with van der Waals surface area (Å²) >= 11 is 4.39. The van der Waals surface area contributed by atoms with E-state index in [2.05, 4.69) is 31.4 Å². The molecule has 33 heavy (non-hydrogen) atoms. The maximum absolute atomic E-state index is 12.8. The number of nitrogens with one attached hydrogen (secondary N) is 1. The summed E-state index contributed by atoms with van der Waals surface area (Å²) in [6.07, 6.45) is -3.60. The molecule has 1 aromatic heterocycles. The van der Waals surface area contributed by atoms with Gasteiger partial charge in [-0.2, -0.15) is 13.2 Å². The van der Waals surface area contributed by atoms with Crippen molar-refractivity contribution in [2.24, 2.45) is 0 Å². The highest BCUT2D eigenvalue weighted by Gasteiger charge is 2.30. The lowest BCUT2D eigenvalue weighted by Crippen LogP contribution is -2.34. The van der Waals surface area contributed by atoms with Gasteiger partial charge in [0.2, 0.25) is 11.0 Å². The van der Waals surface area contributed by atoms with Gasteiger partial charge in [-0.3, -0.25) is 9.59 Å². The number of rotatable bonds is 8. The Hall–Kier alpha value is -2.79. The number of amides is 2. The Morgan fingerprint density at radius 2 is 1.70 bits per heavy atom. The van der Waals surface area contributed by atoms with Crippen molar-refractivity contribution in [2.45, 2.75) is 25.9 Å². The zero-order valence-electron chi connectivity index (χ0n) is 17.5. The van der Waals surface area contributed by atoms with Crippen LogP contribution in [-0.2, 0) is 11.0 Å². The Bertz CT molecular complexity index is 1100. The molecular formula is C22H20BrF3N4O2S. The molecule has 0 radical (unpaired) electrons. The first-order valence-corrected chi connectivity index (χ1v) is 11.6. The number of alkyl halides is 3. The van der Waals surface area contributed by atoms with Gasteiger partial charge in [-0.1, -0.05) is 46.3 Å². The highest BCUT2D eigenvalue weighted by atomic mass is 79.9. The van der Waals surface area contributed by atoms with E-state index in [1.807, 2.05) is 6.92 Å². The maximum Gasteiger partial charge on any atom is 0.416 e. The molecule has 174 valence electrons. The van der Waals surface area contributed by atoms with Crippen molar-refractivity contribution in [3.63, 3.8) is 0 Å². The minimum absolute atomic E-state index is 0.0669. The van der Waals surface area contributed by atoms with E-state index in [0.717, 1.165) is 34.4 Å². The molecule has 0 bridgehead atoms. The number of anilines is 1. The summed E-state index contributed by atoms with van der Waals surface area (Å²) in [5, 5.41) is 11.1. The molecule has 0 unspecified atom stereocenters. The zero-order valence-corrected chi connectivity index (χ0v) is 19.9. The summed E-state index contributed by atoms with van der Waals surface area (Å²) in [7, 11) is 0. The van der Waals surface area contributed by atoms with Gasteiger partial charge in [-0.15, -0.1) is 10.2 Å². The number of hydrogen-bond donors (Lipinski definition) is 1. The molecule has 1 N–H and O–H groups in total. The van der Waals surface area contributed by atoms with E-state index in [-0.39, 0.29) is 29.9 Å². The third-order valence-electron chi connectivity index (χ3n) is 4.61. The topological polar surface area (TPSA) is 75.2 Å². The number of halogens is 4. The third-order valence-corrected chi connectivity index (χ3v) is 6.03. The van der Waals surface area contributed by atoms with Crippen LogP contribution in [-0.4, -0.2) is 40.0 Å². The van der Waals surface area contributed by atoms with Crippen LogP contribution in [0.25, 0.3) is 10.6 Å². The normalized spacial score (nSPS) is 11.3. The van der Waals surface area contributed by atoms with Crippen molar-refractivity contribution >= 4 is 44.2 Å². The van der Waals surface area contributed by atoms with E-state index in [0.29, 0.717) is 22.7 Å². The zero-order chi connectivity index (χ0) is 24.0. The third kappa shape index (κ3) is 6.84. The van der Waals surface area contributed by atoms with Crippen LogP contribution in [0.4, 0.5) is 18.3 Å². The van der Waals surface area contributed by atoms with Gasteiger partial charge in [0.25, 0.3) is 5.91 Å². The summed E-state index contributed by atoms with van der Waals surface area (Å²) in [6, 6.07) is 11.6. The predicted molar refractivity (Wildman–Crippen MR) is 124 cm³/mol. The average molecular weight is 541 g/mol. The van der Waals surface area contributed by atoms with Crippen LogP contribution < -0.4 is 5.32 Å². The molecule has 0 aliphatic heterocycles. The van der Waals surface area contributed by atoms with Gasteiger partial charge in [-0.05, 0) is 42.8 Å². The smallest absolute Gasteiger partial charge is 0.338 e. The first-order chi connectivity index (χ1) is 15.7. The van der Waals surface area contributed by atoms with Gasteiger partial charge in [0.05, 0.1) is 5.56 Å². The highest BCUT2D eigenvalue weighted by Crippen LogP contribution is 2.32. The SMILES string of the molecule is CCCN(CCC(=O)Nc1nnc(-c2ccc(C(F)(F)F)cc2)s1)C(=O)c1ccc(Br)cc1. The molecule has 11 heteroatoms. The number of carbonyl (C=O) groups excluding carboxylic acids is 2. The fraction of sp³-hybridized carbons (Fsp3) is 0.273. The fourth-order valence-corrected chi connectivity index (χ4v) is 4.00. The minimum atomic E-state index is -4.41. The van der Waals surface area contributed by atoms with Crippen molar-refractivity contribution in [3.8, 4) is 10.6 Å². The molecular weight excluding hydrogens is 521 g/mol. The van der Waals surface area contributed by atoms with Crippen LogP contribution in [0.1, 0.15) is 35.7 Å². The quantitative estimate of drug-likeness (QED) is 0.387. The summed E-state index contributed by atoms with van der Waals surface area (Å²) in [6.45, 7) is 2.70. The molecule has 0 aliphatic rings. The number of hydrogen-bond acceptors (Lipinski definition) is 5. The molecule has 0 saturated heterocycles. The van der Waals surface area contributed by atoms with Crippen LogP contribution in [0.5, 0.6) is 0 Å². The van der Waals surface area contributed by atoms with Crippen molar-refractivity contribution in [1.82, 2.24) is 15.1 Å². The van der Waals surface area contributed by atoms with Crippen LogP contribution in [0.15, 0.2) is 53.0 Å². The minimum Gasteiger partial charge on any atom is -0.338 e. The van der Waals surface area contributed by atoms with Crippen molar-refractivity contribution in [3.05, 3.63) is 64.1 Å². The monoisotopic (exact) mass is 540 g/mol. The van der Waals surface area contributed by atoms with E-state index in [1.54, 1.807) is 29.2 Å².